The van der Waals surface area contributed by atoms with Crippen molar-refractivity contribution < 1.29 is 14.3 Å². The number of amides is 1. The van der Waals surface area contributed by atoms with E-state index in [9.17, 15) is 4.79 Å². The van der Waals surface area contributed by atoms with Crippen molar-refractivity contribution in [2.24, 2.45) is 0 Å². The fourth-order valence-corrected chi connectivity index (χ4v) is 2.98. The quantitative estimate of drug-likeness (QED) is 0.354. The molecule has 0 aliphatic heterocycles. The Morgan fingerprint density at radius 2 is 1.17 bits per heavy atom. The number of benzene rings is 2. The molecule has 4 nitrogen and oxygen atoms in total. The van der Waals surface area contributed by atoms with Gasteiger partial charge in [-0.05, 0) is 61.4 Å². The standard InChI is InChI=1S/C25H35NO3/c1-3-5-7-8-10-20-29-24-17-13-22(14-18-24)26-25(27)21-11-15-23(16-12-21)28-19-9-6-4-2/h11-18H,3-10,19-20H2,1-2H3,(H,26,27). The van der Waals surface area contributed by atoms with Crippen LogP contribution >= 0.6 is 0 Å². The summed E-state index contributed by atoms with van der Waals surface area (Å²) in [5, 5.41) is 2.92. The SMILES string of the molecule is CCCCCCCOc1ccc(NC(=O)c2ccc(OCCCCC)cc2)cc1. The molecule has 29 heavy (non-hydrogen) atoms. The molecule has 0 heterocycles. The molecule has 2 aromatic carbocycles. The summed E-state index contributed by atoms with van der Waals surface area (Å²) >= 11 is 0. The first-order valence-corrected chi connectivity index (χ1v) is 11.0. The van der Waals surface area contributed by atoms with E-state index in [-0.39, 0.29) is 5.91 Å². The zero-order chi connectivity index (χ0) is 20.7. The van der Waals surface area contributed by atoms with E-state index in [1.165, 1.54) is 38.5 Å². The Morgan fingerprint density at radius 3 is 1.76 bits per heavy atom. The normalized spacial score (nSPS) is 10.6. The van der Waals surface area contributed by atoms with Crippen molar-refractivity contribution in [3.05, 3.63) is 54.1 Å². The highest BCUT2D eigenvalue weighted by Crippen LogP contribution is 2.18. The number of ether oxygens (including phenoxy) is 2. The number of nitrogens with one attached hydrogen (secondary N) is 1. The van der Waals surface area contributed by atoms with Gasteiger partial charge < -0.3 is 14.8 Å². The predicted octanol–water partition coefficient (Wildman–Crippen LogP) is 6.86. The van der Waals surface area contributed by atoms with Crippen LogP contribution in [-0.2, 0) is 0 Å². The Labute approximate surface area is 175 Å². The highest BCUT2D eigenvalue weighted by Gasteiger charge is 2.07. The molecule has 0 saturated heterocycles. The van der Waals surface area contributed by atoms with Gasteiger partial charge in [-0.2, -0.15) is 0 Å². The lowest BCUT2D eigenvalue weighted by molar-refractivity contribution is 0.102. The highest BCUT2D eigenvalue weighted by molar-refractivity contribution is 6.04. The third kappa shape index (κ3) is 9.03. The smallest absolute Gasteiger partial charge is 0.255 e. The number of carbonyl (C=O) groups excluding carboxylic acids is 1. The zero-order valence-corrected chi connectivity index (χ0v) is 17.9. The van der Waals surface area contributed by atoms with Crippen molar-refractivity contribution in [1.29, 1.82) is 0 Å². The van der Waals surface area contributed by atoms with E-state index in [1.54, 1.807) is 12.1 Å². The maximum Gasteiger partial charge on any atom is 0.255 e. The largest absolute Gasteiger partial charge is 0.494 e. The third-order valence-corrected chi connectivity index (χ3v) is 4.76. The topological polar surface area (TPSA) is 47.6 Å². The Kier molecular flexibility index (Phi) is 10.7. The third-order valence-electron chi connectivity index (χ3n) is 4.76. The molecule has 0 bridgehead atoms. The second-order valence-corrected chi connectivity index (χ2v) is 7.32. The van der Waals surface area contributed by atoms with Crippen LogP contribution in [0.25, 0.3) is 0 Å². The summed E-state index contributed by atoms with van der Waals surface area (Å²) in [7, 11) is 0. The van der Waals surface area contributed by atoms with Crippen molar-refractivity contribution in [3.63, 3.8) is 0 Å². The average molecular weight is 398 g/mol. The van der Waals surface area contributed by atoms with E-state index in [0.717, 1.165) is 36.6 Å². The maximum atomic E-state index is 12.4. The van der Waals surface area contributed by atoms with Gasteiger partial charge in [0.25, 0.3) is 5.91 Å². The molecule has 0 aromatic heterocycles. The molecular weight excluding hydrogens is 362 g/mol. The Morgan fingerprint density at radius 1 is 0.690 bits per heavy atom. The summed E-state index contributed by atoms with van der Waals surface area (Å²) in [6, 6.07) is 14.8. The zero-order valence-electron chi connectivity index (χ0n) is 17.9. The number of carbonyl (C=O) groups is 1. The van der Waals surface area contributed by atoms with Crippen molar-refractivity contribution in [1.82, 2.24) is 0 Å². The first-order chi connectivity index (χ1) is 14.2. The van der Waals surface area contributed by atoms with Gasteiger partial charge in [0.05, 0.1) is 13.2 Å². The van der Waals surface area contributed by atoms with Crippen LogP contribution in [0.1, 0.15) is 75.6 Å². The average Bonchev–Trinajstić information content (AvgIpc) is 2.75. The Hall–Kier alpha value is -2.49. The van der Waals surface area contributed by atoms with Gasteiger partial charge in [-0.3, -0.25) is 4.79 Å². The van der Waals surface area contributed by atoms with Gasteiger partial charge >= 0.3 is 0 Å². The van der Waals surface area contributed by atoms with Crippen LogP contribution in [0, 0.1) is 0 Å². The Balaban J connectivity index is 1.74. The second kappa shape index (κ2) is 13.6. The number of anilines is 1. The predicted molar refractivity (Wildman–Crippen MR) is 120 cm³/mol. The monoisotopic (exact) mass is 397 g/mol. The maximum absolute atomic E-state index is 12.4. The van der Waals surface area contributed by atoms with Crippen LogP contribution in [0.15, 0.2) is 48.5 Å². The molecule has 0 fully saturated rings. The van der Waals surface area contributed by atoms with Crippen LogP contribution in [0.4, 0.5) is 5.69 Å². The van der Waals surface area contributed by atoms with E-state index >= 15 is 0 Å². The van der Waals surface area contributed by atoms with Crippen LogP contribution in [-0.4, -0.2) is 19.1 Å². The molecule has 1 amide bonds. The molecule has 1 N–H and O–H groups in total. The molecule has 0 saturated carbocycles. The van der Waals surface area contributed by atoms with E-state index < -0.39 is 0 Å². The van der Waals surface area contributed by atoms with E-state index in [0.29, 0.717) is 12.2 Å². The lowest BCUT2D eigenvalue weighted by Gasteiger charge is -2.09. The van der Waals surface area contributed by atoms with Crippen molar-refractivity contribution >= 4 is 11.6 Å². The Bertz CT molecular complexity index is 695. The molecule has 158 valence electrons. The fourth-order valence-electron chi connectivity index (χ4n) is 2.98. The van der Waals surface area contributed by atoms with Gasteiger partial charge in [-0.25, -0.2) is 0 Å². The van der Waals surface area contributed by atoms with E-state index in [2.05, 4.69) is 19.2 Å². The molecule has 2 aromatic rings. The summed E-state index contributed by atoms with van der Waals surface area (Å²) in [5.41, 5.74) is 1.36. The lowest BCUT2D eigenvalue weighted by Crippen LogP contribution is -2.11. The summed E-state index contributed by atoms with van der Waals surface area (Å²) in [5.74, 6) is 1.50. The first-order valence-electron chi connectivity index (χ1n) is 11.0. The van der Waals surface area contributed by atoms with E-state index in [4.69, 9.17) is 9.47 Å². The van der Waals surface area contributed by atoms with Crippen LogP contribution in [0.5, 0.6) is 11.5 Å². The molecule has 0 radical (unpaired) electrons. The molecule has 2 rings (SSSR count). The fraction of sp³-hybridized carbons (Fsp3) is 0.480. The van der Waals surface area contributed by atoms with Gasteiger partial charge in [-0.15, -0.1) is 0 Å². The molecule has 0 aliphatic rings. The summed E-state index contributed by atoms with van der Waals surface area (Å²) in [6.45, 7) is 5.84. The van der Waals surface area contributed by atoms with Gasteiger partial charge in [0, 0.05) is 11.3 Å². The van der Waals surface area contributed by atoms with Crippen molar-refractivity contribution in [2.45, 2.75) is 65.2 Å². The van der Waals surface area contributed by atoms with E-state index in [1.807, 2.05) is 36.4 Å². The summed E-state index contributed by atoms with van der Waals surface area (Å²) < 4.78 is 11.5. The molecule has 0 aliphatic carbocycles. The van der Waals surface area contributed by atoms with Gasteiger partial charge in [-0.1, -0.05) is 52.4 Å². The highest BCUT2D eigenvalue weighted by atomic mass is 16.5. The minimum absolute atomic E-state index is 0.132. The number of hydrogen-bond acceptors (Lipinski definition) is 3. The van der Waals surface area contributed by atoms with Gasteiger partial charge in [0.2, 0.25) is 0 Å². The van der Waals surface area contributed by atoms with Crippen LogP contribution in [0.2, 0.25) is 0 Å². The lowest BCUT2D eigenvalue weighted by atomic mass is 10.2. The molecular formula is C25H35NO3. The van der Waals surface area contributed by atoms with Crippen LogP contribution in [0.3, 0.4) is 0 Å². The second-order valence-electron chi connectivity index (χ2n) is 7.32. The van der Waals surface area contributed by atoms with Crippen LogP contribution < -0.4 is 14.8 Å². The van der Waals surface area contributed by atoms with Gasteiger partial charge in [0.1, 0.15) is 11.5 Å². The van der Waals surface area contributed by atoms with Crippen molar-refractivity contribution in [2.75, 3.05) is 18.5 Å². The molecule has 0 atom stereocenters. The minimum Gasteiger partial charge on any atom is -0.494 e. The minimum atomic E-state index is -0.132. The molecule has 4 heteroatoms. The number of unbranched alkanes of at least 4 members (excludes halogenated alkanes) is 6. The number of rotatable bonds is 14. The van der Waals surface area contributed by atoms with Crippen molar-refractivity contribution in [3.8, 4) is 11.5 Å². The molecule has 0 unspecified atom stereocenters. The molecule has 0 spiro atoms. The summed E-state index contributed by atoms with van der Waals surface area (Å²) in [6.07, 6.45) is 9.52. The van der Waals surface area contributed by atoms with Gasteiger partial charge in [0.15, 0.2) is 0 Å². The number of hydrogen-bond donors (Lipinski definition) is 1. The summed E-state index contributed by atoms with van der Waals surface area (Å²) in [4.78, 5) is 12.4. The first kappa shape index (κ1) is 22.8.